The Bertz CT molecular complexity index is 401. The summed E-state index contributed by atoms with van der Waals surface area (Å²) in [6.45, 7) is 0. The fourth-order valence-corrected chi connectivity index (χ4v) is 1.88. The number of para-hydroxylation sites is 1. The van der Waals surface area contributed by atoms with Gasteiger partial charge >= 0.3 is 0 Å². The van der Waals surface area contributed by atoms with E-state index in [0.717, 1.165) is 0 Å². The largest absolute Gasteiger partial charge is 0.274 e. The van der Waals surface area contributed by atoms with Gasteiger partial charge in [-0.1, -0.05) is 23.7 Å². The molecule has 0 aromatic heterocycles. The van der Waals surface area contributed by atoms with Crippen LogP contribution in [0.25, 0.3) is 0 Å². The number of imide groups is 1. The number of nitrogens with zero attached hydrogens (tertiary/aromatic N) is 1. The van der Waals surface area contributed by atoms with Gasteiger partial charge in [-0.05, 0) is 18.6 Å². The summed E-state index contributed by atoms with van der Waals surface area (Å²) in [5.74, 6) is -0.335. The number of hydrogen-bond acceptors (Lipinski definition) is 2. The molecule has 2 amide bonds. The van der Waals surface area contributed by atoms with Gasteiger partial charge in [-0.3, -0.25) is 9.59 Å². The van der Waals surface area contributed by atoms with Crippen LogP contribution in [-0.2, 0) is 9.59 Å². The van der Waals surface area contributed by atoms with Crippen molar-refractivity contribution >= 4 is 29.1 Å². The van der Waals surface area contributed by atoms with E-state index in [4.69, 9.17) is 11.6 Å². The summed E-state index contributed by atoms with van der Waals surface area (Å²) in [5.41, 5.74) is 0.494. The lowest BCUT2D eigenvalue weighted by Crippen LogP contribution is -2.40. The van der Waals surface area contributed by atoms with Crippen molar-refractivity contribution in [3.05, 3.63) is 29.3 Å². The summed E-state index contributed by atoms with van der Waals surface area (Å²) in [6.07, 6.45) is 1.46. The van der Waals surface area contributed by atoms with Gasteiger partial charge in [-0.25, -0.2) is 4.90 Å². The highest BCUT2D eigenvalue weighted by molar-refractivity contribution is 6.35. The number of rotatable bonds is 1. The first kappa shape index (κ1) is 10.2. The predicted octanol–water partition coefficient (Wildman–Crippen LogP) is 2.38. The zero-order chi connectivity index (χ0) is 10.8. The summed E-state index contributed by atoms with van der Waals surface area (Å²) < 4.78 is 0. The summed E-state index contributed by atoms with van der Waals surface area (Å²) in [5, 5.41) is 0.432. The molecule has 15 heavy (non-hydrogen) atoms. The normalized spacial score (nSPS) is 17.0. The average Bonchev–Trinajstić information content (AvgIpc) is 2.20. The molecule has 1 saturated heterocycles. The molecule has 0 aliphatic carbocycles. The maximum atomic E-state index is 11.6. The van der Waals surface area contributed by atoms with Gasteiger partial charge in [0.15, 0.2) is 0 Å². The highest BCUT2D eigenvalue weighted by atomic mass is 35.5. The van der Waals surface area contributed by atoms with Crippen LogP contribution in [0.4, 0.5) is 5.69 Å². The molecule has 4 heteroatoms. The second kappa shape index (κ2) is 4.03. The highest BCUT2D eigenvalue weighted by Crippen LogP contribution is 2.28. The Hall–Kier alpha value is -1.35. The Kier molecular flexibility index (Phi) is 2.73. The second-order valence-electron chi connectivity index (χ2n) is 3.43. The summed E-state index contributed by atoms with van der Waals surface area (Å²) in [6, 6.07) is 6.89. The zero-order valence-electron chi connectivity index (χ0n) is 8.07. The minimum absolute atomic E-state index is 0.167. The maximum absolute atomic E-state index is 11.6. The molecule has 1 aliphatic rings. The van der Waals surface area contributed by atoms with Gasteiger partial charge in [0.1, 0.15) is 0 Å². The van der Waals surface area contributed by atoms with Gasteiger partial charge < -0.3 is 0 Å². The predicted molar refractivity (Wildman–Crippen MR) is 57.8 cm³/mol. The minimum atomic E-state index is -0.167. The smallest absolute Gasteiger partial charge is 0.233 e. The Labute approximate surface area is 92.6 Å². The SMILES string of the molecule is O=C1CCCC(=O)N1c1ccccc1Cl. The fourth-order valence-electron chi connectivity index (χ4n) is 1.66. The van der Waals surface area contributed by atoms with E-state index in [1.807, 2.05) is 0 Å². The number of carbonyl (C=O) groups excluding carboxylic acids is 2. The zero-order valence-corrected chi connectivity index (χ0v) is 8.83. The Morgan fingerprint density at radius 2 is 1.67 bits per heavy atom. The standard InChI is InChI=1S/C11H10ClNO2/c12-8-4-1-2-5-9(8)13-10(14)6-3-7-11(13)15/h1-2,4-5H,3,6-7H2. The molecule has 3 nitrogen and oxygen atoms in total. The lowest BCUT2D eigenvalue weighted by atomic mass is 10.1. The van der Waals surface area contributed by atoms with Crippen molar-refractivity contribution in [2.75, 3.05) is 4.90 Å². The van der Waals surface area contributed by atoms with Crippen LogP contribution in [0.2, 0.25) is 5.02 Å². The van der Waals surface area contributed by atoms with E-state index in [-0.39, 0.29) is 11.8 Å². The number of amides is 2. The van der Waals surface area contributed by atoms with E-state index in [1.54, 1.807) is 24.3 Å². The molecule has 0 bridgehead atoms. The molecule has 0 saturated carbocycles. The van der Waals surface area contributed by atoms with Crippen LogP contribution in [0.1, 0.15) is 19.3 Å². The third kappa shape index (κ3) is 1.88. The summed E-state index contributed by atoms with van der Waals surface area (Å²) in [7, 11) is 0. The van der Waals surface area contributed by atoms with Crippen LogP contribution in [0, 0.1) is 0 Å². The highest BCUT2D eigenvalue weighted by Gasteiger charge is 2.28. The molecule has 1 aromatic carbocycles. The van der Waals surface area contributed by atoms with E-state index in [2.05, 4.69) is 0 Å². The molecule has 0 N–H and O–H groups in total. The molecule has 1 aromatic rings. The Balaban J connectivity index is 2.40. The van der Waals surface area contributed by atoms with Crippen molar-refractivity contribution in [3.8, 4) is 0 Å². The number of piperidine rings is 1. The molecular weight excluding hydrogens is 214 g/mol. The number of benzene rings is 1. The van der Waals surface area contributed by atoms with Gasteiger partial charge in [0.2, 0.25) is 11.8 Å². The molecule has 1 fully saturated rings. The first-order valence-electron chi connectivity index (χ1n) is 4.80. The lowest BCUT2D eigenvalue weighted by molar-refractivity contribution is -0.129. The summed E-state index contributed by atoms with van der Waals surface area (Å²) >= 11 is 5.94. The maximum Gasteiger partial charge on any atom is 0.233 e. The molecule has 0 spiro atoms. The van der Waals surface area contributed by atoms with Crippen molar-refractivity contribution in [2.24, 2.45) is 0 Å². The van der Waals surface area contributed by atoms with Crippen LogP contribution < -0.4 is 4.90 Å². The topological polar surface area (TPSA) is 37.4 Å². The first-order valence-corrected chi connectivity index (χ1v) is 5.18. The molecule has 1 aliphatic heterocycles. The van der Waals surface area contributed by atoms with Gasteiger partial charge in [-0.2, -0.15) is 0 Å². The minimum Gasteiger partial charge on any atom is -0.274 e. The summed E-state index contributed by atoms with van der Waals surface area (Å²) in [4.78, 5) is 24.4. The van der Waals surface area contributed by atoms with Gasteiger partial charge in [0.25, 0.3) is 0 Å². The molecule has 2 rings (SSSR count). The van der Waals surface area contributed by atoms with Crippen molar-refractivity contribution < 1.29 is 9.59 Å². The van der Waals surface area contributed by atoms with E-state index in [0.29, 0.717) is 30.0 Å². The van der Waals surface area contributed by atoms with Crippen molar-refractivity contribution in [2.45, 2.75) is 19.3 Å². The number of anilines is 1. The van der Waals surface area contributed by atoms with Crippen molar-refractivity contribution in [1.29, 1.82) is 0 Å². The fraction of sp³-hybridized carbons (Fsp3) is 0.273. The second-order valence-corrected chi connectivity index (χ2v) is 3.84. The van der Waals surface area contributed by atoms with Crippen LogP contribution in [-0.4, -0.2) is 11.8 Å². The van der Waals surface area contributed by atoms with E-state index in [1.165, 1.54) is 4.90 Å². The average molecular weight is 224 g/mol. The van der Waals surface area contributed by atoms with Crippen LogP contribution in [0.3, 0.4) is 0 Å². The Morgan fingerprint density at radius 3 is 2.27 bits per heavy atom. The van der Waals surface area contributed by atoms with Gasteiger partial charge in [-0.15, -0.1) is 0 Å². The monoisotopic (exact) mass is 223 g/mol. The van der Waals surface area contributed by atoms with Gasteiger partial charge in [0.05, 0.1) is 10.7 Å². The van der Waals surface area contributed by atoms with Crippen LogP contribution >= 0.6 is 11.6 Å². The number of carbonyl (C=O) groups is 2. The molecule has 0 atom stereocenters. The van der Waals surface area contributed by atoms with Crippen LogP contribution in [0.15, 0.2) is 24.3 Å². The van der Waals surface area contributed by atoms with E-state index >= 15 is 0 Å². The van der Waals surface area contributed by atoms with Crippen molar-refractivity contribution in [1.82, 2.24) is 0 Å². The lowest BCUT2D eigenvalue weighted by Gasteiger charge is -2.25. The molecule has 0 unspecified atom stereocenters. The Morgan fingerprint density at radius 1 is 1.07 bits per heavy atom. The first-order chi connectivity index (χ1) is 7.20. The van der Waals surface area contributed by atoms with E-state index in [9.17, 15) is 9.59 Å². The number of hydrogen-bond donors (Lipinski definition) is 0. The third-order valence-electron chi connectivity index (χ3n) is 2.37. The van der Waals surface area contributed by atoms with Gasteiger partial charge in [0, 0.05) is 12.8 Å². The van der Waals surface area contributed by atoms with Crippen LogP contribution in [0.5, 0.6) is 0 Å². The van der Waals surface area contributed by atoms with Crippen molar-refractivity contribution in [3.63, 3.8) is 0 Å². The number of halogens is 1. The quantitative estimate of drug-likeness (QED) is 0.686. The molecule has 1 heterocycles. The molecule has 78 valence electrons. The third-order valence-corrected chi connectivity index (χ3v) is 2.69. The molecular formula is C11H10ClNO2. The van der Waals surface area contributed by atoms with E-state index < -0.39 is 0 Å². The molecule has 0 radical (unpaired) electrons.